The Balaban J connectivity index is 1.75. The highest BCUT2D eigenvalue weighted by atomic mass is 16.5. The maximum absolute atomic E-state index is 10.0. The van der Waals surface area contributed by atoms with Crippen molar-refractivity contribution >= 4 is 0 Å². The van der Waals surface area contributed by atoms with Gasteiger partial charge in [-0.2, -0.15) is 0 Å². The molecule has 2 heteroatoms. The second kappa shape index (κ2) is 7.68. The molecule has 112 valence electrons. The molecule has 0 spiro atoms. The molecule has 1 saturated carbocycles. The minimum atomic E-state index is -0.327. The molecule has 0 bridgehead atoms. The maximum Gasteiger partial charge on any atom is 0.119 e. The van der Waals surface area contributed by atoms with Gasteiger partial charge in [-0.05, 0) is 42.4 Å². The molecule has 2 nitrogen and oxygen atoms in total. The van der Waals surface area contributed by atoms with Crippen molar-refractivity contribution in [3.8, 4) is 5.75 Å². The monoisotopic (exact) mass is 276 g/mol. The van der Waals surface area contributed by atoms with Crippen LogP contribution in [0, 0.1) is 5.92 Å². The van der Waals surface area contributed by atoms with Crippen molar-refractivity contribution in [3.63, 3.8) is 0 Å². The molecule has 2 unspecified atom stereocenters. The smallest absolute Gasteiger partial charge is 0.119 e. The SMILES string of the molecule is CCC(C)c1ccc(OCC(O)CC2CCCC2)cc1. The average Bonchev–Trinajstić information content (AvgIpc) is 2.97. The molecule has 0 aliphatic heterocycles. The summed E-state index contributed by atoms with van der Waals surface area (Å²) in [5.74, 6) is 2.17. The van der Waals surface area contributed by atoms with Crippen LogP contribution in [-0.4, -0.2) is 17.8 Å². The summed E-state index contributed by atoms with van der Waals surface area (Å²) in [7, 11) is 0. The predicted molar refractivity (Wildman–Crippen MR) is 83.2 cm³/mol. The number of ether oxygens (including phenoxy) is 1. The Morgan fingerprint density at radius 3 is 2.45 bits per heavy atom. The first-order chi connectivity index (χ1) is 9.69. The van der Waals surface area contributed by atoms with E-state index in [1.807, 2.05) is 12.1 Å². The van der Waals surface area contributed by atoms with Gasteiger partial charge in [0.15, 0.2) is 0 Å². The van der Waals surface area contributed by atoms with Gasteiger partial charge in [0.1, 0.15) is 12.4 Å². The molecule has 0 aromatic heterocycles. The van der Waals surface area contributed by atoms with Gasteiger partial charge in [0, 0.05) is 0 Å². The lowest BCUT2D eigenvalue weighted by Gasteiger charge is -2.16. The van der Waals surface area contributed by atoms with E-state index in [4.69, 9.17) is 4.74 Å². The van der Waals surface area contributed by atoms with Crippen LogP contribution in [0.1, 0.15) is 63.9 Å². The van der Waals surface area contributed by atoms with Gasteiger partial charge >= 0.3 is 0 Å². The molecule has 2 atom stereocenters. The number of rotatable bonds is 7. The van der Waals surface area contributed by atoms with Crippen LogP contribution in [0.5, 0.6) is 5.75 Å². The van der Waals surface area contributed by atoms with E-state index in [0.29, 0.717) is 18.4 Å². The van der Waals surface area contributed by atoms with Gasteiger partial charge in [-0.25, -0.2) is 0 Å². The molecule has 1 aromatic carbocycles. The molecule has 1 aliphatic rings. The number of hydrogen-bond donors (Lipinski definition) is 1. The van der Waals surface area contributed by atoms with E-state index >= 15 is 0 Å². The standard InChI is InChI=1S/C18H28O2/c1-3-14(2)16-8-10-18(11-9-16)20-13-17(19)12-15-6-4-5-7-15/h8-11,14-15,17,19H,3-7,12-13H2,1-2H3. The van der Waals surface area contributed by atoms with Crippen molar-refractivity contribution in [1.29, 1.82) is 0 Å². The van der Waals surface area contributed by atoms with E-state index in [1.165, 1.54) is 31.2 Å². The molecule has 1 fully saturated rings. The number of benzene rings is 1. The minimum absolute atomic E-state index is 0.327. The summed E-state index contributed by atoms with van der Waals surface area (Å²) in [5, 5.41) is 10.0. The van der Waals surface area contributed by atoms with Gasteiger partial charge in [0.2, 0.25) is 0 Å². The van der Waals surface area contributed by atoms with Crippen LogP contribution in [-0.2, 0) is 0 Å². The number of hydrogen-bond acceptors (Lipinski definition) is 2. The van der Waals surface area contributed by atoms with Crippen LogP contribution in [0.15, 0.2) is 24.3 Å². The van der Waals surface area contributed by atoms with E-state index in [2.05, 4.69) is 26.0 Å². The van der Waals surface area contributed by atoms with Gasteiger partial charge in [-0.3, -0.25) is 0 Å². The largest absolute Gasteiger partial charge is 0.491 e. The third kappa shape index (κ3) is 4.52. The molecule has 2 rings (SSSR count). The highest BCUT2D eigenvalue weighted by Gasteiger charge is 2.19. The molecule has 0 radical (unpaired) electrons. The van der Waals surface area contributed by atoms with E-state index in [1.54, 1.807) is 0 Å². The van der Waals surface area contributed by atoms with Crippen molar-refractivity contribution in [2.45, 2.75) is 64.4 Å². The molecule has 20 heavy (non-hydrogen) atoms. The normalized spacial score (nSPS) is 18.9. The molecule has 1 aliphatic carbocycles. The summed E-state index contributed by atoms with van der Waals surface area (Å²) in [6.07, 6.45) is 6.93. The van der Waals surface area contributed by atoms with Crippen LogP contribution in [0.4, 0.5) is 0 Å². The zero-order valence-electron chi connectivity index (χ0n) is 12.8. The van der Waals surface area contributed by atoms with Gasteiger partial charge < -0.3 is 9.84 Å². The molecular formula is C18H28O2. The summed E-state index contributed by atoms with van der Waals surface area (Å²) in [6.45, 7) is 4.86. The molecular weight excluding hydrogens is 248 g/mol. The topological polar surface area (TPSA) is 29.5 Å². The van der Waals surface area contributed by atoms with E-state index in [0.717, 1.165) is 18.6 Å². The molecule has 1 N–H and O–H groups in total. The summed E-state index contributed by atoms with van der Waals surface area (Å²) < 4.78 is 5.70. The van der Waals surface area contributed by atoms with Crippen molar-refractivity contribution in [3.05, 3.63) is 29.8 Å². The molecule has 0 saturated heterocycles. The Morgan fingerprint density at radius 1 is 1.20 bits per heavy atom. The Bertz CT molecular complexity index is 379. The van der Waals surface area contributed by atoms with Gasteiger partial charge in [-0.1, -0.05) is 51.7 Å². The second-order valence-electron chi connectivity index (χ2n) is 6.23. The third-order valence-corrected chi connectivity index (χ3v) is 4.58. The lowest BCUT2D eigenvalue weighted by molar-refractivity contribution is 0.0855. The summed E-state index contributed by atoms with van der Waals surface area (Å²) >= 11 is 0. The third-order valence-electron chi connectivity index (χ3n) is 4.58. The minimum Gasteiger partial charge on any atom is -0.491 e. The van der Waals surface area contributed by atoms with Crippen LogP contribution in [0.2, 0.25) is 0 Å². The Labute approximate surface area is 123 Å². The number of aliphatic hydroxyl groups is 1. The van der Waals surface area contributed by atoms with Crippen molar-refractivity contribution in [2.75, 3.05) is 6.61 Å². The zero-order chi connectivity index (χ0) is 14.4. The lowest BCUT2D eigenvalue weighted by Crippen LogP contribution is -2.20. The van der Waals surface area contributed by atoms with Crippen LogP contribution >= 0.6 is 0 Å². The molecule has 0 heterocycles. The molecule has 0 amide bonds. The Hall–Kier alpha value is -1.02. The summed E-state index contributed by atoms with van der Waals surface area (Å²) in [6, 6.07) is 8.30. The zero-order valence-corrected chi connectivity index (χ0v) is 12.8. The summed E-state index contributed by atoms with van der Waals surface area (Å²) in [4.78, 5) is 0. The van der Waals surface area contributed by atoms with E-state index in [-0.39, 0.29) is 6.10 Å². The molecule has 1 aromatic rings. The van der Waals surface area contributed by atoms with Crippen LogP contribution < -0.4 is 4.74 Å². The highest BCUT2D eigenvalue weighted by Crippen LogP contribution is 2.28. The van der Waals surface area contributed by atoms with Crippen molar-refractivity contribution < 1.29 is 9.84 Å². The lowest BCUT2D eigenvalue weighted by atomic mass is 9.99. The van der Waals surface area contributed by atoms with E-state index < -0.39 is 0 Å². The first-order valence-corrected chi connectivity index (χ1v) is 8.09. The second-order valence-corrected chi connectivity index (χ2v) is 6.23. The Kier molecular flexibility index (Phi) is 5.90. The van der Waals surface area contributed by atoms with Crippen LogP contribution in [0.25, 0.3) is 0 Å². The van der Waals surface area contributed by atoms with Crippen molar-refractivity contribution in [1.82, 2.24) is 0 Å². The average molecular weight is 276 g/mol. The quantitative estimate of drug-likeness (QED) is 0.793. The predicted octanol–water partition coefficient (Wildman–Crippen LogP) is 4.52. The maximum atomic E-state index is 10.0. The fraction of sp³-hybridized carbons (Fsp3) is 0.667. The van der Waals surface area contributed by atoms with Gasteiger partial charge in [-0.15, -0.1) is 0 Å². The first-order valence-electron chi connectivity index (χ1n) is 8.09. The first kappa shape index (κ1) is 15.4. The van der Waals surface area contributed by atoms with E-state index in [9.17, 15) is 5.11 Å². The fourth-order valence-electron chi connectivity index (χ4n) is 3.02. The Morgan fingerprint density at radius 2 is 1.85 bits per heavy atom. The van der Waals surface area contributed by atoms with Crippen LogP contribution in [0.3, 0.4) is 0 Å². The van der Waals surface area contributed by atoms with Gasteiger partial charge in [0.05, 0.1) is 6.10 Å². The van der Waals surface area contributed by atoms with Crippen molar-refractivity contribution in [2.24, 2.45) is 5.92 Å². The fourth-order valence-corrected chi connectivity index (χ4v) is 3.02. The number of aliphatic hydroxyl groups excluding tert-OH is 1. The highest BCUT2D eigenvalue weighted by molar-refractivity contribution is 5.29. The van der Waals surface area contributed by atoms with Gasteiger partial charge in [0.25, 0.3) is 0 Å². The summed E-state index contributed by atoms with van der Waals surface area (Å²) in [5.41, 5.74) is 1.35.